The molecule has 0 aliphatic heterocycles. The molecule has 0 saturated heterocycles. The van der Waals surface area contributed by atoms with Crippen molar-refractivity contribution in [2.75, 3.05) is 5.73 Å². The number of halogens is 1. The minimum atomic E-state index is 0.285. The van der Waals surface area contributed by atoms with Gasteiger partial charge in [-0.1, -0.05) is 11.6 Å². The summed E-state index contributed by atoms with van der Waals surface area (Å²) >= 11 is 7.51. The Morgan fingerprint density at radius 3 is 3.00 bits per heavy atom. The lowest BCUT2D eigenvalue weighted by atomic mass is 10.5. The number of rotatable bonds is 2. The molecule has 13 heavy (non-hydrogen) atoms. The molecule has 0 unspecified atom stereocenters. The van der Waals surface area contributed by atoms with Crippen LogP contribution >= 0.6 is 22.9 Å². The van der Waals surface area contributed by atoms with Crippen molar-refractivity contribution in [1.29, 1.82) is 0 Å². The van der Waals surface area contributed by atoms with Crippen LogP contribution < -0.4 is 5.73 Å². The van der Waals surface area contributed by atoms with Crippen LogP contribution in [0, 0.1) is 0 Å². The van der Waals surface area contributed by atoms with E-state index in [1.165, 1.54) is 0 Å². The van der Waals surface area contributed by atoms with E-state index >= 15 is 0 Å². The van der Waals surface area contributed by atoms with Crippen LogP contribution in [-0.4, -0.2) is 14.8 Å². The summed E-state index contributed by atoms with van der Waals surface area (Å²) in [5, 5.41) is 6.66. The normalized spacial score (nSPS) is 10.5. The van der Waals surface area contributed by atoms with Gasteiger partial charge in [-0.05, 0) is 11.4 Å². The lowest BCUT2D eigenvalue weighted by Crippen LogP contribution is -1.99. The topological polar surface area (TPSA) is 56.7 Å². The lowest BCUT2D eigenvalue weighted by Gasteiger charge is -1.96. The zero-order chi connectivity index (χ0) is 9.26. The molecular weight excluding hydrogens is 208 g/mol. The van der Waals surface area contributed by atoms with Crippen molar-refractivity contribution in [2.24, 2.45) is 0 Å². The number of hydrogen-bond donors (Lipinski definition) is 1. The van der Waals surface area contributed by atoms with E-state index in [2.05, 4.69) is 10.1 Å². The second-order valence-corrected chi connectivity index (χ2v) is 3.90. The maximum Gasteiger partial charge on any atom is 0.239 e. The van der Waals surface area contributed by atoms with Gasteiger partial charge in [0, 0.05) is 4.88 Å². The molecule has 0 aliphatic rings. The molecule has 2 aromatic rings. The van der Waals surface area contributed by atoms with Crippen molar-refractivity contribution in [3.8, 4) is 0 Å². The zero-order valence-corrected chi connectivity index (χ0v) is 8.22. The van der Waals surface area contributed by atoms with Gasteiger partial charge in [0.1, 0.15) is 6.33 Å². The van der Waals surface area contributed by atoms with Gasteiger partial charge in [0.15, 0.2) is 0 Å². The lowest BCUT2D eigenvalue weighted by molar-refractivity contribution is 0.695. The van der Waals surface area contributed by atoms with E-state index in [9.17, 15) is 0 Å². The summed E-state index contributed by atoms with van der Waals surface area (Å²) in [4.78, 5) is 4.88. The van der Waals surface area contributed by atoms with E-state index < -0.39 is 0 Å². The first-order valence-electron chi connectivity index (χ1n) is 3.62. The van der Waals surface area contributed by atoms with Crippen molar-refractivity contribution >= 4 is 28.9 Å². The van der Waals surface area contributed by atoms with Gasteiger partial charge in [0.25, 0.3) is 0 Å². The van der Waals surface area contributed by atoms with Crippen LogP contribution in [-0.2, 0) is 6.54 Å². The molecule has 2 rings (SSSR count). The maximum atomic E-state index is 5.91. The third-order valence-electron chi connectivity index (χ3n) is 1.55. The molecule has 0 bridgehead atoms. The van der Waals surface area contributed by atoms with Crippen LogP contribution in [0.1, 0.15) is 4.88 Å². The molecule has 0 radical (unpaired) electrons. The Bertz CT molecular complexity index is 408. The summed E-state index contributed by atoms with van der Waals surface area (Å²) in [6.07, 6.45) is 1.59. The molecule has 0 aliphatic carbocycles. The van der Waals surface area contributed by atoms with Gasteiger partial charge in [-0.3, -0.25) is 0 Å². The Balaban J connectivity index is 2.19. The molecule has 0 spiro atoms. The number of nitrogen functional groups attached to an aromatic ring is 1. The van der Waals surface area contributed by atoms with Crippen molar-refractivity contribution < 1.29 is 0 Å². The SMILES string of the molecule is Nc1ncn(Cc2sccc2Cl)n1. The Labute approximate surface area is 84.0 Å². The van der Waals surface area contributed by atoms with Crippen LogP contribution in [0.3, 0.4) is 0 Å². The van der Waals surface area contributed by atoms with Gasteiger partial charge in [0.05, 0.1) is 11.6 Å². The fourth-order valence-corrected chi connectivity index (χ4v) is 2.06. The predicted octanol–water partition coefficient (Wildman–Crippen LogP) is 1.62. The second kappa shape index (κ2) is 3.35. The summed E-state index contributed by atoms with van der Waals surface area (Å²) in [5.41, 5.74) is 5.37. The fourth-order valence-electron chi connectivity index (χ4n) is 0.970. The summed E-state index contributed by atoms with van der Waals surface area (Å²) < 4.78 is 1.66. The Hall–Kier alpha value is -1.07. The molecule has 0 aromatic carbocycles. The fraction of sp³-hybridized carbons (Fsp3) is 0.143. The van der Waals surface area contributed by atoms with Gasteiger partial charge in [-0.2, -0.15) is 0 Å². The number of thiophene rings is 1. The van der Waals surface area contributed by atoms with Crippen LogP contribution in [0.25, 0.3) is 0 Å². The highest BCUT2D eigenvalue weighted by Gasteiger charge is 2.03. The maximum absolute atomic E-state index is 5.91. The van der Waals surface area contributed by atoms with Crippen LogP contribution in [0.5, 0.6) is 0 Å². The van der Waals surface area contributed by atoms with Crippen molar-refractivity contribution in [3.63, 3.8) is 0 Å². The Morgan fingerprint density at radius 2 is 2.46 bits per heavy atom. The van der Waals surface area contributed by atoms with Crippen molar-refractivity contribution in [3.05, 3.63) is 27.7 Å². The molecule has 0 amide bonds. The van der Waals surface area contributed by atoms with Crippen molar-refractivity contribution in [2.45, 2.75) is 6.54 Å². The van der Waals surface area contributed by atoms with Gasteiger partial charge < -0.3 is 5.73 Å². The Kier molecular flexibility index (Phi) is 2.20. The quantitative estimate of drug-likeness (QED) is 0.827. The molecule has 2 aromatic heterocycles. The highest BCUT2D eigenvalue weighted by Crippen LogP contribution is 2.22. The summed E-state index contributed by atoms with van der Waals surface area (Å²) in [6.45, 7) is 0.626. The second-order valence-electron chi connectivity index (χ2n) is 2.49. The first kappa shape index (κ1) is 8.52. The van der Waals surface area contributed by atoms with E-state index in [1.54, 1.807) is 22.3 Å². The third-order valence-corrected chi connectivity index (χ3v) is 2.92. The molecule has 4 nitrogen and oxygen atoms in total. The third kappa shape index (κ3) is 1.81. The monoisotopic (exact) mass is 214 g/mol. The van der Waals surface area contributed by atoms with Crippen LogP contribution in [0.4, 0.5) is 5.95 Å². The average molecular weight is 215 g/mol. The molecule has 0 atom stereocenters. The van der Waals surface area contributed by atoms with E-state index in [0.29, 0.717) is 6.54 Å². The molecule has 0 fully saturated rings. The molecule has 2 heterocycles. The highest BCUT2D eigenvalue weighted by atomic mass is 35.5. The molecule has 6 heteroatoms. The standard InChI is InChI=1S/C7H7ClN4S/c8-5-1-2-13-6(5)3-12-4-10-7(9)11-12/h1-2,4H,3H2,(H2,9,11). The largest absolute Gasteiger partial charge is 0.367 e. The first-order valence-corrected chi connectivity index (χ1v) is 4.88. The summed E-state index contributed by atoms with van der Waals surface area (Å²) in [6, 6.07) is 1.86. The van der Waals surface area contributed by atoms with Crippen LogP contribution in [0.2, 0.25) is 5.02 Å². The minimum absolute atomic E-state index is 0.285. The first-order chi connectivity index (χ1) is 6.25. The van der Waals surface area contributed by atoms with Gasteiger partial charge >= 0.3 is 0 Å². The zero-order valence-electron chi connectivity index (χ0n) is 6.64. The number of nitrogens with zero attached hydrogens (tertiary/aromatic N) is 3. The van der Waals surface area contributed by atoms with Gasteiger partial charge in [-0.25, -0.2) is 9.67 Å². The molecule has 68 valence electrons. The number of aromatic nitrogens is 3. The number of nitrogens with two attached hydrogens (primary N) is 1. The molecular formula is C7H7ClN4S. The molecule has 0 saturated carbocycles. The predicted molar refractivity (Wildman–Crippen MR) is 52.9 cm³/mol. The summed E-state index contributed by atoms with van der Waals surface area (Å²) in [5.74, 6) is 0.285. The number of hydrogen-bond acceptors (Lipinski definition) is 4. The minimum Gasteiger partial charge on any atom is -0.367 e. The smallest absolute Gasteiger partial charge is 0.239 e. The van der Waals surface area contributed by atoms with E-state index in [4.69, 9.17) is 17.3 Å². The average Bonchev–Trinajstić information content (AvgIpc) is 2.64. The van der Waals surface area contributed by atoms with E-state index in [1.807, 2.05) is 11.4 Å². The molecule has 2 N–H and O–H groups in total. The van der Waals surface area contributed by atoms with Crippen molar-refractivity contribution in [1.82, 2.24) is 14.8 Å². The van der Waals surface area contributed by atoms with Crippen LogP contribution in [0.15, 0.2) is 17.8 Å². The number of anilines is 1. The highest BCUT2D eigenvalue weighted by molar-refractivity contribution is 7.10. The summed E-state index contributed by atoms with van der Waals surface area (Å²) in [7, 11) is 0. The van der Waals surface area contributed by atoms with E-state index in [-0.39, 0.29) is 5.95 Å². The van der Waals surface area contributed by atoms with E-state index in [0.717, 1.165) is 9.90 Å². The Morgan fingerprint density at radius 1 is 1.62 bits per heavy atom. The van der Waals surface area contributed by atoms with Gasteiger partial charge in [0.2, 0.25) is 5.95 Å². The van der Waals surface area contributed by atoms with Gasteiger partial charge in [-0.15, -0.1) is 16.4 Å².